The summed E-state index contributed by atoms with van der Waals surface area (Å²) in [4.78, 5) is 13.5. The van der Waals surface area contributed by atoms with Crippen molar-refractivity contribution in [2.45, 2.75) is 12.6 Å². The second kappa shape index (κ2) is 8.68. The Hall–Kier alpha value is -2.83. The topological polar surface area (TPSA) is 41.5 Å². The van der Waals surface area contributed by atoms with Crippen molar-refractivity contribution in [3.63, 3.8) is 0 Å². The molecule has 1 aliphatic heterocycles. The molecule has 0 spiro atoms. The van der Waals surface area contributed by atoms with E-state index >= 15 is 0 Å². The number of rotatable bonds is 5. The maximum atomic E-state index is 14.0. The molecule has 3 aromatic rings. The Kier molecular flexibility index (Phi) is 5.83. The second-order valence-corrected chi connectivity index (χ2v) is 7.43. The molecule has 2 aromatic heterocycles. The van der Waals surface area contributed by atoms with Gasteiger partial charge in [-0.15, -0.1) is 0 Å². The maximum absolute atomic E-state index is 14.0. The number of benzene rings is 1. The van der Waals surface area contributed by atoms with Crippen LogP contribution in [0.1, 0.15) is 17.4 Å². The highest BCUT2D eigenvalue weighted by Crippen LogP contribution is 2.27. The quantitative estimate of drug-likeness (QED) is 0.658. The van der Waals surface area contributed by atoms with Crippen molar-refractivity contribution in [2.24, 2.45) is 0 Å². The summed E-state index contributed by atoms with van der Waals surface area (Å²) in [7, 11) is 4.02. The van der Waals surface area contributed by atoms with Gasteiger partial charge < -0.3 is 9.64 Å². The summed E-state index contributed by atoms with van der Waals surface area (Å²) in [5, 5.41) is 0. The van der Waals surface area contributed by atoms with E-state index < -0.39 is 0 Å². The minimum absolute atomic E-state index is 0.0992. The molecule has 1 atom stereocenters. The molecule has 0 aliphatic carbocycles. The smallest absolute Gasteiger partial charge is 0.132 e. The van der Waals surface area contributed by atoms with Gasteiger partial charge in [0.05, 0.1) is 12.3 Å². The molecule has 1 aliphatic rings. The predicted octanol–water partition coefficient (Wildman–Crippen LogP) is 3.92. The first-order valence-electron chi connectivity index (χ1n) is 9.78. The number of nitrogens with zero attached hydrogens (tertiary/aromatic N) is 4. The van der Waals surface area contributed by atoms with Crippen LogP contribution in [0.4, 0.5) is 10.2 Å². The number of anilines is 1. The summed E-state index contributed by atoms with van der Waals surface area (Å²) in [6.45, 7) is 3.09. The predicted molar refractivity (Wildman–Crippen MR) is 112 cm³/mol. The number of hydrogen-bond donors (Lipinski definition) is 0. The molecule has 1 aromatic carbocycles. The highest BCUT2D eigenvalue weighted by atomic mass is 19.1. The van der Waals surface area contributed by atoms with E-state index in [1.165, 1.54) is 11.6 Å². The Morgan fingerprint density at radius 1 is 1.10 bits per heavy atom. The Morgan fingerprint density at radius 2 is 1.97 bits per heavy atom. The average molecular weight is 392 g/mol. The molecule has 5 nitrogen and oxygen atoms in total. The number of pyridine rings is 2. The number of hydrogen-bond acceptors (Lipinski definition) is 5. The zero-order valence-electron chi connectivity index (χ0n) is 16.8. The largest absolute Gasteiger partial charge is 0.369 e. The summed E-state index contributed by atoms with van der Waals surface area (Å²) in [5.41, 5.74) is 3.39. The van der Waals surface area contributed by atoms with Gasteiger partial charge in [0.1, 0.15) is 17.7 Å². The molecule has 0 N–H and O–H groups in total. The lowest BCUT2D eigenvalue weighted by Crippen LogP contribution is -2.38. The van der Waals surface area contributed by atoms with Gasteiger partial charge in [-0.3, -0.25) is 9.88 Å². The van der Waals surface area contributed by atoms with Crippen LogP contribution < -0.4 is 4.90 Å². The van der Waals surface area contributed by atoms with E-state index in [4.69, 9.17) is 4.74 Å². The Balaban J connectivity index is 1.47. The van der Waals surface area contributed by atoms with Crippen LogP contribution in [0.3, 0.4) is 0 Å². The molecule has 3 heterocycles. The van der Waals surface area contributed by atoms with Crippen LogP contribution in [0.15, 0.2) is 60.9 Å². The van der Waals surface area contributed by atoms with E-state index in [-0.39, 0.29) is 11.9 Å². The third-order valence-electron chi connectivity index (χ3n) is 5.14. The number of ether oxygens (including phenoxy) is 1. The van der Waals surface area contributed by atoms with Crippen LogP contribution in [-0.2, 0) is 11.3 Å². The van der Waals surface area contributed by atoms with Crippen molar-refractivity contribution in [1.82, 2.24) is 14.9 Å². The van der Waals surface area contributed by atoms with Gasteiger partial charge in [0, 0.05) is 62.8 Å². The summed E-state index contributed by atoms with van der Waals surface area (Å²) in [6.07, 6.45) is 3.45. The third-order valence-corrected chi connectivity index (χ3v) is 5.14. The first-order chi connectivity index (χ1) is 14.1. The number of morpholine rings is 1. The van der Waals surface area contributed by atoms with E-state index in [1.807, 2.05) is 49.5 Å². The fourth-order valence-electron chi connectivity index (χ4n) is 3.67. The first kappa shape index (κ1) is 19.5. The summed E-state index contributed by atoms with van der Waals surface area (Å²) >= 11 is 0. The minimum Gasteiger partial charge on any atom is -0.369 e. The highest BCUT2D eigenvalue weighted by Gasteiger charge is 2.24. The lowest BCUT2D eigenvalue weighted by Gasteiger charge is -2.33. The fourth-order valence-corrected chi connectivity index (χ4v) is 3.67. The van der Waals surface area contributed by atoms with Gasteiger partial charge >= 0.3 is 0 Å². The van der Waals surface area contributed by atoms with Crippen LogP contribution in [0.25, 0.3) is 11.1 Å². The molecule has 0 unspecified atom stereocenters. The normalized spacial score (nSPS) is 17.3. The van der Waals surface area contributed by atoms with Crippen molar-refractivity contribution < 1.29 is 9.13 Å². The number of halogens is 1. The van der Waals surface area contributed by atoms with Crippen molar-refractivity contribution in [2.75, 3.05) is 38.7 Å². The zero-order chi connectivity index (χ0) is 20.2. The van der Waals surface area contributed by atoms with E-state index in [0.717, 1.165) is 36.7 Å². The minimum atomic E-state index is -0.240. The van der Waals surface area contributed by atoms with Crippen LogP contribution in [0.5, 0.6) is 0 Å². The van der Waals surface area contributed by atoms with E-state index in [2.05, 4.69) is 20.9 Å². The third kappa shape index (κ3) is 4.44. The van der Waals surface area contributed by atoms with Gasteiger partial charge in [0.25, 0.3) is 0 Å². The Labute approximate surface area is 170 Å². The van der Waals surface area contributed by atoms with Crippen molar-refractivity contribution in [3.05, 3.63) is 78.0 Å². The lowest BCUT2D eigenvalue weighted by atomic mass is 10.1. The van der Waals surface area contributed by atoms with Crippen molar-refractivity contribution in [1.29, 1.82) is 0 Å². The molecule has 6 heteroatoms. The van der Waals surface area contributed by atoms with Gasteiger partial charge in [0.2, 0.25) is 0 Å². The maximum Gasteiger partial charge on any atom is 0.132 e. The zero-order valence-corrected chi connectivity index (χ0v) is 16.8. The van der Waals surface area contributed by atoms with Crippen LogP contribution in [0.2, 0.25) is 0 Å². The Bertz CT molecular complexity index is 961. The molecule has 1 fully saturated rings. The van der Waals surface area contributed by atoms with Gasteiger partial charge in [-0.1, -0.05) is 30.3 Å². The lowest BCUT2D eigenvalue weighted by molar-refractivity contribution is -0.0349. The summed E-state index contributed by atoms with van der Waals surface area (Å²) in [5.74, 6) is 0.748. The van der Waals surface area contributed by atoms with Crippen molar-refractivity contribution >= 4 is 5.82 Å². The van der Waals surface area contributed by atoms with Gasteiger partial charge in [0.15, 0.2) is 0 Å². The van der Waals surface area contributed by atoms with Gasteiger partial charge in [-0.25, -0.2) is 9.37 Å². The first-order valence-corrected chi connectivity index (χ1v) is 9.78. The van der Waals surface area contributed by atoms with E-state index in [9.17, 15) is 4.39 Å². The molecule has 4 rings (SSSR count). The van der Waals surface area contributed by atoms with Crippen LogP contribution in [-0.4, -0.2) is 48.7 Å². The molecule has 1 saturated heterocycles. The molecule has 0 saturated carbocycles. The highest BCUT2D eigenvalue weighted by molar-refractivity contribution is 5.63. The molecule has 29 heavy (non-hydrogen) atoms. The summed E-state index contributed by atoms with van der Waals surface area (Å²) < 4.78 is 20.0. The number of aromatic nitrogens is 2. The van der Waals surface area contributed by atoms with Crippen LogP contribution in [0, 0.1) is 5.82 Å². The average Bonchev–Trinajstić information content (AvgIpc) is 2.75. The molecule has 0 bridgehead atoms. The van der Waals surface area contributed by atoms with Gasteiger partial charge in [-0.05, 0) is 18.2 Å². The second-order valence-electron chi connectivity index (χ2n) is 7.43. The Morgan fingerprint density at radius 3 is 2.72 bits per heavy atom. The standard InChI is InChI=1S/C23H25FN4O/c1-27(2)23-18(6-5-11-25-23)15-28-12-13-29-22(16-28)21-10-9-17(14-26-21)19-7-3-4-8-20(19)24/h3-11,14,22H,12-13,15-16H2,1-2H3/t22-/m0/s1. The SMILES string of the molecule is CN(C)c1ncccc1CN1CCO[C@H](c2ccc(-c3ccccc3F)cn2)C1. The monoisotopic (exact) mass is 392 g/mol. The fraction of sp³-hybridized carbons (Fsp3) is 0.304. The molecule has 0 radical (unpaired) electrons. The molecular formula is C23H25FN4O. The summed E-state index contributed by atoms with van der Waals surface area (Å²) in [6, 6.07) is 14.7. The van der Waals surface area contributed by atoms with E-state index in [0.29, 0.717) is 12.2 Å². The van der Waals surface area contributed by atoms with Gasteiger partial charge in [-0.2, -0.15) is 0 Å². The van der Waals surface area contributed by atoms with E-state index in [1.54, 1.807) is 18.3 Å². The molecule has 0 amide bonds. The van der Waals surface area contributed by atoms with Crippen molar-refractivity contribution in [3.8, 4) is 11.1 Å². The van der Waals surface area contributed by atoms with Crippen LogP contribution >= 0.6 is 0 Å². The molecular weight excluding hydrogens is 367 g/mol. The molecule has 150 valence electrons.